The molecular weight excluding hydrogens is 468 g/mol. The number of methoxy groups -OCH3 is 1. The highest BCUT2D eigenvalue weighted by molar-refractivity contribution is 7.91. The number of nitrogens with two attached hydrogens (primary N) is 1. The Hall–Kier alpha value is -3.56. The zero-order valence-corrected chi connectivity index (χ0v) is 19.1. The number of carboxylic acids is 1. The van der Waals surface area contributed by atoms with Gasteiger partial charge in [-0.05, 0) is 65.7 Å². The van der Waals surface area contributed by atoms with E-state index >= 15 is 0 Å². The van der Waals surface area contributed by atoms with Gasteiger partial charge in [-0.25, -0.2) is 13.2 Å². The van der Waals surface area contributed by atoms with Crippen molar-refractivity contribution >= 4 is 39.0 Å². The van der Waals surface area contributed by atoms with Crippen LogP contribution in [0.1, 0.15) is 26.9 Å². The van der Waals surface area contributed by atoms with E-state index in [9.17, 15) is 23.1 Å². The minimum atomic E-state index is -4.03. The number of hydrogen-bond acceptors (Lipinski definition) is 6. The Kier molecular flexibility index (Phi) is 7.25. The molecule has 0 saturated carbocycles. The third kappa shape index (κ3) is 5.63. The molecule has 0 radical (unpaired) electrons. The lowest BCUT2D eigenvalue weighted by Crippen LogP contribution is -2.23. The highest BCUT2D eigenvalue weighted by Crippen LogP contribution is 2.33. The SMILES string of the molecule is COc1ccc(NC(c2ccc(C(=O)O)cc2)S(=O)(=O)c2ccc(Cl)cc2)c(CC(N)=O)c1. The van der Waals surface area contributed by atoms with Gasteiger partial charge in [0, 0.05) is 10.7 Å². The van der Waals surface area contributed by atoms with Crippen LogP contribution in [0.2, 0.25) is 5.02 Å². The molecule has 1 unspecified atom stereocenters. The van der Waals surface area contributed by atoms with E-state index in [1.54, 1.807) is 18.2 Å². The van der Waals surface area contributed by atoms with Crippen molar-refractivity contribution in [1.29, 1.82) is 0 Å². The monoisotopic (exact) mass is 488 g/mol. The van der Waals surface area contributed by atoms with Gasteiger partial charge in [-0.2, -0.15) is 0 Å². The molecule has 1 atom stereocenters. The van der Waals surface area contributed by atoms with E-state index in [4.69, 9.17) is 22.1 Å². The van der Waals surface area contributed by atoms with Crippen molar-refractivity contribution in [2.24, 2.45) is 5.73 Å². The summed E-state index contributed by atoms with van der Waals surface area (Å²) in [6, 6.07) is 16.0. The summed E-state index contributed by atoms with van der Waals surface area (Å²) in [4.78, 5) is 22.8. The molecule has 0 fully saturated rings. The van der Waals surface area contributed by atoms with Gasteiger partial charge < -0.3 is 20.9 Å². The Labute approximate surface area is 195 Å². The Morgan fingerprint density at radius 2 is 1.70 bits per heavy atom. The quantitative estimate of drug-likeness (QED) is 0.418. The van der Waals surface area contributed by atoms with Crippen LogP contribution in [0.5, 0.6) is 5.75 Å². The molecule has 0 spiro atoms. The molecule has 0 saturated heterocycles. The van der Waals surface area contributed by atoms with Gasteiger partial charge in [0.1, 0.15) is 5.75 Å². The number of carbonyl (C=O) groups excluding carboxylic acids is 1. The summed E-state index contributed by atoms with van der Waals surface area (Å²) in [5.41, 5.74) is 6.49. The number of amides is 1. The van der Waals surface area contributed by atoms with Crippen LogP contribution >= 0.6 is 11.6 Å². The van der Waals surface area contributed by atoms with Gasteiger partial charge in [-0.3, -0.25) is 4.79 Å². The Bertz CT molecular complexity index is 1280. The van der Waals surface area contributed by atoms with Crippen molar-refractivity contribution in [3.05, 3.63) is 88.4 Å². The van der Waals surface area contributed by atoms with Crippen molar-refractivity contribution in [2.45, 2.75) is 16.7 Å². The number of sulfone groups is 1. The van der Waals surface area contributed by atoms with Crippen LogP contribution in [-0.2, 0) is 21.1 Å². The van der Waals surface area contributed by atoms with Gasteiger partial charge in [0.25, 0.3) is 0 Å². The second-order valence-electron chi connectivity index (χ2n) is 7.12. The summed E-state index contributed by atoms with van der Waals surface area (Å²) in [5.74, 6) is -1.26. The fourth-order valence-corrected chi connectivity index (χ4v) is 4.93. The molecule has 4 N–H and O–H groups in total. The van der Waals surface area contributed by atoms with Crippen LogP contribution in [0.4, 0.5) is 5.69 Å². The maximum absolute atomic E-state index is 13.6. The van der Waals surface area contributed by atoms with Gasteiger partial charge in [-0.15, -0.1) is 0 Å². The second kappa shape index (κ2) is 9.93. The van der Waals surface area contributed by atoms with E-state index in [0.717, 1.165) is 0 Å². The van der Waals surface area contributed by atoms with E-state index < -0.39 is 27.1 Å². The Balaban J connectivity index is 2.12. The predicted octanol–water partition coefficient (Wildman–Crippen LogP) is 3.66. The summed E-state index contributed by atoms with van der Waals surface area (Å²) in [7, 11) is -2.56. The van der Waals surface area contributed by atoms with E-state index in [2.05, 4.69) is 5.32 Å². The van der Waals surface area contributed by atoms with Gasteiger partial charge in [0.2, 0.25) is 15.7 Å². The Morgan fingerprint density at radius 3 is 2.24 bits per heavy atom. The normalized spacial score (nSPS) is 12.1. The predicted molar refractivity (Wildman–Crippen MR) is 124 cm³/mol. The first kappa shape index (κ1) is 24.1. The first-order chi connectivity index (χ1) is 15.6. The average molecular weight is 489 g/mol. The number of carbonyl (C=O) groups is 2. The number of primary amides is 1. The fraction of sp³-hybridized carbons (Fsp3) is 0.130. The van der Waals surface area contributed by atoms with Crippen LogP contribution < -0.4 is 15.8 Å². The van der Waals surface area contributed by atoms with E-state index in [-0.39, 0.29) is 16.9 Å². The molecular formula is C23H21ClN2O6S. The van der Waals surface area contributed by atoms with Crippen LogP contribution in [0, 0.1) is 0 Å². The van der Waals surface area contributed by atoms with Gasteiger partial charge in [0.05, 0.1) is 24.0 Å². The number of nitrogens with one attached hydrogen (secondary N) is 1. The van der Waals surface area contributed by atoms with Crippen LogP contribution in [0.15, 0.2) is 71.6 Å². The lowest BCUT2D eigenvalue weighted by Gasteiger charge is -2.23. The highest BCUT2D eigenvalue weighted by Gasteiger charge is 2.30. The molecule has 3 aromatic rings. The molecule has 0 aliphatic rings. The number of benzene rings is 3. The Morgan fingerprint density at radius 1 is 1.06 bits per heavy atom. The first-order valence-electron chi connectivity index (χ1n) is 9.66. The summed E-state index contributed by atoms with van der Waals surface area (Å²) in [5, 5.41) is 11.2. The third-order valence-corrected chi connectivity index (χ3v) is 7.07. The minimum Gasteiger partial charge on any atom is -0.497 e. The van der Waals surface area contributed by atoms with Crippen molar-refractivity contribution in [3.63, 3.8) is 0 Å². The van der Waals surface area contributed by atoms with Crippen LogP contribution in [0.25, 0.3) is 0 Å². The van der Waals surface area contributed by atoms with Gasteiger partial charge in [0.15, 0.2) is 5.37 Å². The summed E-state index contributed by atoms with van der Waals surface area (Å²) in [6.07, 6.45) is -0.148. The smallest absolute Gasteiger partial charge is 0.335 e. The van der Waals surface area contributed by atoms with Crippen LogP contribution in [-0.4, -0.2) is 32.5 Å². The first-order valence-corrected chi connectivity index (χ1v) is 11.6. The van der Waals surface area contributed by atoms with Gasteiger partial charge in [-0.1, -0.05) is 23.7 Å². The molecule has 0 aliphatic carbocycles. The van der Waals surface area contributed by atoms with Crippen molar-refractivity contribution < 1.29 is 27.9 Å². The molecule has 3 rings (SSSR count). The number of rotatable bonds is 9. The molecule has 0 heterocycles. The molecule has 0 bridgehead atoms. The topological polar surface area (TPSA) is 136 Å². The molecule has 0 aliphatic heterocycles. The number of anilines is 1. The average Bonchev–Trinajstić information content (AvgIpc) is 2.78. The zero-order chi connectivity index (χ0) is 24.2. The maximum Gasteiger partial charge on any atom is 0.335 e. The van der Waals surface area contributed by atoms with Crippen molar-refractivity contribution in [1.82, 2.24) is 0 Å². The molecule has 0 aromatic heterocycles. The molecule has 8 nitrogen and oxygen atoms in total. The minimum absolute atomic E-state index is 0.0108. The van der Waals surface area contributed by atoms with Crippen molar-refractivity contribution in [2.75, 3.05) is 12.4 Å². The molecule has 33 heavy (non-hydrogen) atoms. The summed E-state index contributed by atoms with van der Waals surface area (Å²) < 4.78 is 32.4. The number of halogens is 1. The standard InChI is InChI=1S/C23H21ClN2O6S/c1-32-18-8-11-20(16(12-18)13-21(25)27)26-22(14-2-4-15(5-3-14)23(28)29)33(30,31)19-9-6-17(24)7-10-19/h2-12,22,26H,13H2,1H3,(H2,25,27)(H,28,29). The molecule has 172 valence electrons. The maximum atomic E-state index is 13.6. The number of ether oxygens (including phenoxy) is 1. The van der Waals surface area contributed by atoms with E-state index in [1.165, 1.54) is 55.6 Å². The summed E-state index contributed by atoms with van der Waals surface area (Å²) >= 11 is 5.91. The lowest BCUT2D eigenvalue weighted by atomic mass is 10.1. The second-order valence-corrected chi connectivity index (χ2v) is 9.59. The van der Waals surface area contributed by atoms with Crippen LogP contribution in [0.3, 0.4) is 0 Å². The van der Waals surface area contributed by atoms with Gasteiger partial charge >= 0.3 is 5.97 Å². The van der Waals surface area contributed by atoms with E-state index in [0.29, 0.717) is 27.6 Å². The number of carboxylic acid groups (broad SMARTS) is 1. The van der Waals surface area contributed by atoms with E-state index in [1.807, 2.05) is 0 Å². The third-order valence-electron chi connectivity index (χ3n) is 4.88. The summed E-state index contributed by atoms with van der Waals surface area (Å²) in [6.45, 7) is 0. The lowest BCUT2D eigenvalue weighted by molar-refractivity contribution is -0.117. The molecule has 10 heteroatoms. The zero-order valence-electron chi connectivity index (χ0n) is 17.5. The number of hydrogen-bond donors (Lipinski definition) is 3. The molecule has 3 aromatic carbocycles. The fourth-order valence-electron chi connectivity index (χ4n) is 3.21. The highest BCUT2D eigenvalue weighted by atomic mass is 35.5. The molecule has 1 amide bonds. The number of aromatic carboxylic acids is 1. The van der Waals surface area contributed by atoms with Crippen molar-refractivity contribution in [3.8, 4) is 5.75 Å². The largest absolute Gasteiger partial charge is 0.497 e.